The lowest BCUT2D eigenvalue weighted by Gasteiger charge is -2.33. The summed E-state index contributed by atoms with van der Waals surface area (Å²) in [6.45, 7) is 1.07. The van der Waals surface area contributed by atoms with E-state index in [4.69, 9.17) is 10.8 Å². The Morgan fingerprint density at radius 1 is 0.794 bits per heavy atom. The predicted molar refractivity (Wildman–Crippen MR) is 252 cm³/mol. The van der Waals surface area contributed by atoms with Crippen LogP contribution in [0.4, 0.5) is 0 Å². The zero-order valence-corrected chi connectivity index (χ0v) is 39.8. The fourth-order valence-electron chi connectivity index (χ4n) is 6.83. The number of aliphatic hydroxyl groups is 2. The van der Waals surface area contributed by atoms with Crippen LogP contribution in [-0.2, 0) is 56.0 Å². The number of aromatic hydroxyl groups is 1. The van der Waals surface area contributed by atoms with E-state index in [9.17, 15) is 58.5 Å². The third kappa shape index (κ3) is 19.0. The number of carboxylic acid groups (broad SMARTS) is 1. The molecule has 1 aliphatic heterocycles. The van der Waals surface area contributed by atoms with E-state index in [0.717, 1.165) is 4.90 Å². The Kier molecular flexibility index (Phi) is 24.1. The van der Waals surface area contributed by atoms with Gasteiger partial charge in [0.1, 0.15) is 36.0 Å². The first kappa shape index (κ1) is 56.4. The number of rotatable bonds is 21. The molecular weight excluding hydrogens is 927 g/mol. The first-order chi connectivity index (χ1) is 32.3. The van der Waals surface area contributed by atoms with Crippen molar-refractivity contribution in [3.05, 3.63) is 65.7 Å². The van der Waals surface area contributed by atoms with Crippen LogP contribution in [0.5, 0.6) is 5.75 Å². The number of benzene rings is 2. The molecule has 1 heterocycles. The van der Waals surface area contributed by atoms with Crippen LogP contribution in [0, 0.1) is 0 Å². The summed E-state index contributed by atoms with van der Waals surface area (Å²) in [6, 6.07) is 7.33. The lowest BCUT2D eigenvalue weighted by molar-refractivity contribution is -0.163. The van der Waals surface area contributed by atoms with Gasteiger partial charge in [-0.2, -0.15) is 0 Å². The molecule has 0 radical (unpaired) electrons. The highest BCUT2D eigenvalue weighted by molar-refractivity contribution is 8.76. The fraction of sp³-hybridized carbons (Fsp3) is 0.523. The van der Waals surface area contributed by atoms with Crippen molar-refractivity contribution in [2.24, 2.45) is 5.73 Å². The van der Waals surface area contributed by atoms with Crippen LogP contribution >= 0.6 is 21.6 Å². The average molecular weight is 990 g/mol. The first-order valence-electron chi connectivity index (χ1n) is 21.9. The molecule has 2 aromatic carbocycles. The Balaban J connectivity index is 1.93. The van der Waals surface area contributed by atoms with Crippen LogP contribution in [0.2, 0.25) is 0 Å². The largest absolute Gasteiger partial charge is 0.508 e. The van der Waals surface area contributed by atoms with Gasteiger partial charge in [-0.1, -0.05) is 64.1 Å². The van der Waals surface area contributed by atoms with Gasteiger partial charge in [0.2, 0.25) is 53.5 Å². The second-order valence-electron chi connectivity index (χ2n) is 16.0. The molecule has 0 aliphatic carbocycles. The molecule has 12 N–H and O–H groups in total. The third-order valence-electron chi connectivity index (χ3n) is 10.7. The normalized spacial score (nSPS) is 20.9. The highest BCUT2D eigenvalue weighted by Gasteiger charge is 2.37. The summed E-state index contributed by atoms with van der Waals surface area (Å²) in [5.41, 5.74) is 6.75. The summed E-state index contributed by atoms with van der Waals surface area (Å²) >= 11 is 0. The van der Waals surface area contributed by atoms with Crippen LogP contribution in [0.3, 0.4) is 0 Å². The molecule has 8 amide bonds. The summed E-state index contributed by atoms with van der Waals surface area (Å²) in [5, 5.41) is 54.7. The van der Waals surface area contributed by atoms with E-state index in [1.54, 1.807) is 30.3 Å². The number of likely N-dealkylation sites (N-methyl/N-ethyl adjacent to an activating group) is 2. The summed E-state index contributed by atoms with van der Waals surface area (Å²) < 4.78 is 0. The molecule has 24 heteroatoms. The van der Waals surface area contributed by atoms with Gasteiger partial charge in [0.25, 0.3) is 0 Å². The predicted octanol–water partition coefficient (Wildman–Crippen LogP) is -1.89. The molecule has 374 valence electrons. The maximum absolute atomic E-state index is 14.6. The second-order valence-corrected chi connectivity index (χ2v) is 18.7. The molecule has 68 heavy (non-hydrogen) atoms. The maximum Gasteiger partial charge on any atom is 0.354 e. The minimum Gasteiger partial charge on any atom is -0.508 e. The van der Waals surface area contributed by atoms with Crippen LogP contribution in [0.15, 0.2) is 54.6 Å². The molecule has 0 bridgehead atoms. The SMILES string of the molecule is C[C@@H](O)[C@@H]1NC(=O)[C@H](CCCCN)NC(=O)CNC(=O)[C@H](Cc2ccc(O)cc2)NC(=O)[C@H](CCC(=O)NCCSSCCC(=O)N(C)[C@@H](O)C(=O)O)N(C)C(=O)[C@H](Cc2ccccc2)NC1=O. The van der Waals surface area contributed by atoms with Gasteiger partial charge < -0.3 is 67.9 Å². The van der Waals surface area contributed by atoms with Crippen molar-refractivity contribution in [2.75, 3.05) is 45.2 Å². The molecule has 1 saturated heterocycles. The lowest BCUT2D eigenvalue weighted by atomic mass is 10.0. The zero-order chi connectivity index (χ0) is 50.3. The van der Waals surface area contributed by atoms with Crippen LogP contribution in [0.1, 0.15) is 56.6 Å². The molecule has 0 unspecified atom stereocenters. The number of carbonyl (C=O) groups is 9. The Labute approximate surface area is 402 Å². The lowest BCUT2D eigenvalue weighted by Crippen LogP contribution is -2.62. The van der Waals surface area contributed by atoms with Gasteiger partial charge in [0, 0.05) is 57.8 Å². The highest BCUT2D eigenvalue weighted by Crippen LogP contribution is 2.22. The molecule has 0 saturated carbocycles. The van der Waals surface area contributed by atoms with Gasteiger partial charge in [0.05, 0.1) is 12.6 Å². The molecule has 2 aromatic rings. The van der Waals surface area contributed by atoms with Crippen molar-refractivity contribution >= 4 is 74.8 Å². The number of aliphatic carboxylic acids is 1. The molecular formula is C44H63N9O13S2. The zero-order valence-electron chi connectivity index (χ0n) is 38.2. The monoisotopic (exact) mass is 989 g/mol. The summed E-state index contributed by atoms with van der Waals surface area (Å²) in [5.74, 6) is -7.03. The maximum atomic E-state index is 14.6. The van der Waals surface area contributed by atoms with Crippen molar-refractivity contribution in [1.82, 2.24) is 41.7 Å². The van der Waals surface area contributed by atoms with Gasteiger partial charge in [-0.15, -0.1) is 0 Å². The van der Waals surface area contributed by atoms with E-state index < -0.39 is 102 Å². The van der Waals surface area contributed by atoms with E-state index in [-0.39, 0.29) is 50.8 Å². The number of nitrogens with two attached hydrogens (primary N) is 1. The van der Waals surface area contributed by atoms with Crippen molar-refractivity contribution in [3.8, 4) is 5.75 Å². The van der Waals surface area contributed by atoms with Gasteiger partial charge in [0.15, 0.2) is 0 Å². The molecule has 0 aromatic heterocycles. The number of hydrogen-bond donors (Lipinski definition) is 11. The number of unbranched alkanes of at least 4 members (excludes halogenated alkanes) is 1. The van der Waals surface area contributed by atoms with E-state index in [1.807, 2.05) is 0 Å². The number of hydrogen-bond acceptors (Lipinski definition) is 15. The third-order valence-corrected chi connectivity index (χ3v) is 13.1. The van der Waals surface area contributed by atoms with Gasteiger partial charge in [-0.25, -0.2) is 4.79 Å². The molecule has 1 fully saturated rings. The number of amides is 8. The number of carbonyl (C=O) groups excluding carboxylic acids is 8. The molecule has 1 aliphatic rings. The number of carboxylic acids is 1. The van der Waals surface area contributed by atoms with Gasteiger partial charge >= 0.3 is 5.97 Å². The van der Waals surface area contributed by atoms with Gasteiger partial charge in [-0.05, 0) is 62.4 Å². The van der Waals surface area contributed by atoms with E-state index >= 15 is 0 Å². The standard InChI is InChI=1S/C44H63N9O13S2/c1-26(54)37-41(62)50-32(24-27-9-5-4-6-10-27)42(63)52(2)33(16-17-34(56)46-20-22-68-67-21-18-36(58)53(3)43(64)44(65)66)40(61)49-31(23-28-12-14-29(55)15-13-28)38(59)47-25-35(57)48-30(39(60)51-37)11-7-8-19-45/h4-6,9-10,12-15,26,30-33,37,43,54-55,64H,7-8,11,16-25,45H2,1-3H3,(H,46,56)(H,47,59)(H,48,57)(H,49,61)(H,50,62)(H,51,60)(H,65,66)/t26-,30+,31+,32+,33+,37+,43+/m1/s1. The van der Waals surface area contributed by atoms with E-state index in [1.165, 1.54) is 66.9 Å². The Bertz CT molecular complexity index is 2030. The Morgan fingerprint density at radius 3 is 2.07 bits per heavy atom. The molecule has 7 atom stereocenters. The number of aliphatic hydroxyl groups excluding tert-OH is 2. The van der Waals surface area contributed by atoms with Crippen LogP contribution in [0.25, 0.3) is 0 Å². The Hall–Kier alpha value is -5.95. The number of nitrogens with one attached hydrogen (secondary N) is 6. The minimum atomic E-state index is -1.96. The Morgan fingerprint density at radius 2 is 1.43 bits per heavy atom. The molecule has 0 spiro atoms. The quantitative estimate of drug-likeness (QED) is 0.0370. The molecule has 3 rings (SSSR count). The summed E-state index contributed by atoms with van der Waals surface area (Å²) in [7, 11) is 5.08. The van der Waals surface area contributed by atoms with E-state index in [0.29, 0.717) is 46.9 Å². The van der Waals surface area contributed by atoms with Crippen molar-refractivity contribution in [2.45, 2.75) is 101 Å². The van der Waals surface area contributed by atoms with Gasteiger partial charge in [-0.3, -0.25) is 38.4 Å². The number of phenolic OH excluding ortho intramolecular Hbond substituents is 1. The van der Waals surface area contributed by atoms with Crippen LogP contribution < -0.4 is 37.6 Å². The fourth-order valence-corrected chi connectivity index (χ4v) is 8.71. The number of nitrogens with zero attached hydrogens (tertiary/aromatic N) is 2. The molecule has 22 nitrogen and oxygen atoms in total. The second kappa shape index (κ2) is 29.1. The highest BCUT2D eigenvalue weighted by atomic mass is 33.1. The van der Waals surface area contributed by atoms with Crippen molar-refractivity contribution < 1.29 is 63.6 Å². The first-order valence-corrected chi connectivity index (χ1v) is 24.4. The topological polar surface area (TPSA) is 339 Å². The smallest absolute Gasteiger partial charge is 0.354 e. The minimum absolute atomic E-state index is 0.0443. The average Bonchev–Trinajstić information content (AvgIpc) is 3.30. The van der Waals surface area contributed by atoms with E-state index in [2.05, 4.69) is 31.9 Å². The summed E-state index contributed by atoms with van der Waals surface area (Å²) in [4.78, 5) is 122. The summed E-state index contributed by atoms with van der Waals surface area (Å²) in [6.07, 6.45) is -3.36. The number of phenols is 1. The van der Waals surface area contributed by atoms with Crippen LogP contribution in [-0.4, -0.2) is 171 Å². The van der Waals surface area contributed by atoms with Crippen molar-refractivity contribution in [3.63, 3.8) is 0 Å². The van der Waals surface area contributed by atoms with Crippen molar-refractivity contribution in [1.29, 1.82) is 0 Å².